The Morgan fingerprint density at radius 2 is 2.19 bits per heavy atom. The van der Waals surface area contributed by atoms with Gasteiger partial charge in [-0.2, -0.15) is 0 Å². The molecule has 142 valence electrons. The zero-order chi connectivity index (χ0) is 19.4. The highest BCUT2D eigenvalue weighted by molar-refractivity contribution is 5.76. The van der Waals surface area contributed by atoms with Gasteiger partial charge in [0.15, 0.2) is 5.58 Å². The van der Waals surface area contributed by atoms with Crippen molar-refractivity contribution in [1.29, 1.82) is 0 Å². The Balaban J connectivity index is 1.54. The van der Waals surface area contributed by atoms with Crippen molar-refractivity contribution in [3.05, 3.63) is 63.0 Å². The number of aliphatic hydroxyl groups excluding tert-OH is 1. The maximum absolute atomic E-state index is 11.9. The lowest BCUT2D eigenvalue weighted by molar-refractivity contribution is -0.384. The number of oxazole rings is 1. The number of carbonyl (C=O) groups excluding carboxylic acids is 1. The Morgan fingerprint density at radius 3 is 2.89 bits per heavy atom. The molecule has 1 unspecified atom stereocenters. The van der Waals surface area contributed by atoms with Crippen LogP contribution in [0.4, 0.5) is 5.69 Å². The van der Waals surface area contributed by atoms with Crippen molar-refractivity contribution >= 4 is 22.7 Å². The lowest BCUT2D eigenvalue weighted by Crippen LogP contribution is -2.28. The van der Waals surface area contributed by atoms with Crippen LogP contribution >= 0.6 is 0 Å². The fourth-order valence-electron chi connectivity index (χ4n) is 2.66. The predicted octanol–water partition coefficient (Wildman–Crippen LogP) is 1.73. The second kappa shape index (κ2) is 7.87. The molecule has 1 atom stereocenters. The van der Waals surface area contributed by atoms with Crippen LogP contribution in [0.15, 0.2) is 50.2 Å². The summed E-state index contributed by atoms with van der Waals surface area (Å²) in [6.07, 6.45) is 0.993. The van der Waals surface area contributed by atoms with Crippen molar-refractivity contribution < 1.29 is 23.7 Å². The Morgan fingerprint density at radius 1 is 1.37 bits per heavy atom. The zero-order valence-corrected chi connectivity index (χ0v) is 14.2. The quantitative estimate of drug-likeness (QED) is 0.451. The summed E-state index contributed by atoms with van der Waals surface area (Å²) in [7, 11) is 0. The number of amides is 1. The number of nitrogens with one attached hydrogen (secondary N) is 1. The molecule has 2 N–H and O–H groups in total. The summed E-state index contributed by atoms with van der Waals surface area (Å²) in [5, 5.41) is 23.2. The first kappa shape index (κ1) is 18.4. The van der Waals surface area contributed by atoms with Gasteiger partial charge in [-0.3, -0.25) is 19.5 Å². The van der Waals surface area contributed by atoms with E-state index in [1.807, 2.05) is 0 Å². The van der Waals surface area contributed by atoms with Gasteiger partial charge in [-0.05, 0) is 24.6 Å². The number of hydrogen-bond acceptors (Lipinski definition) is 7. The Labute approximate surface area is 152 Å². The van der Waals surface area contributed by atoms with Crippen LogP contribution in [-0.4, -0.2) is 27.0 Å². The maximum Gasteiger partial charge on any atom is 0.419 e. The lowest BCUT2D eigenvalue weighted by atomic mass is 10.2. The summed E-state index contributed by atoms with van der Waals surface area (Å²) in [5.74, 6) is -0.558. The van der Waals surface area contributed by atoms with Gasteiger partial charge in [0, 0.05) is 19.0 Å². The van der Waals surface area contributed by atoms with Gasteiger partial charge in [-0.15, -0.1) is 0 Å². The minimum absolute atomic E-state index is 0.0185. The van der Waals surface area contributed by atoms with Crippen LogP contribution in [-0.2, 0) is 11.3 Å². The Kier molecular flexibility index (Phi) is 5.36. The molecule has 1 aromatic carbocycles. The van der Waals surface area contributed by atoms with Crippen LogP contribution in [0.25, 0.3) is 11.1 Å². The van der Waals surface area contributed by atoms with Gasteiger partial charge in [0.2, 0.25) is 5.91 Å². The van der Waals surface area contributed by atoms with Crippen molar-refractivity contribution in [3.8, 4) is 0 Å². The van der Waals surface area contributed by atoms with Crippen LogP contribution in [0, 0.1) is 10.1 Å². The minimum Gasteiger partial charge on any atom is -0.467 e. The summed E-state index contributed by atoms with van der Waals surface area (Å²) >= 11 is 0. The van der Waals surface area contributed by atoms with E-state index in [0.29, 0.717) is 17.7 Å². The number of hydrogen-bond donors (Lipinski definition) is 2. The molecule has 10 nitrogen and oxygen atoms in total. The molecule has 2 heterocycles. The topological polar surface area (TPSA) is 141 Å². The number of furan rings is 1. The summed E-state index contributed by atoms with van der Waals surface area (Å²) in [6, 6.07) is 7.17. The number of aryl methyl sites for hydroxylation is 1. The van der Waals surface area contributed by atoms with Crippen LogP contribution in [0.5, 0.6) is 0 Å². The smallest absolute Gasteiger partial charge is 0.419 e. The zero-order valence-electron chi connectivity index (χ0n) is 14.2. The number of non-ortho nitro benzene ring substituents is 1. The van der Waals surface area contributed by atoms with E-state index in [1.54, 1.807) is 12.1 Å². The molecule has 0 fully saturated rings. The van der Waals surface area contributed by atoms with E-state index in [9.17, 15) is 24.8 Å². The number of nitrogens with zero attached hydrogens (tertiary/aromatic N) is 2. The summed E-state index contributed by atoms with van der Waals surface area (Å²) in [4.78, 5) is 34.0. The van der Waals surface area contributed by atoms with Gasteiger partial charge in [-0.1, -0.05) is 0 Å². The fourth-order valence-corrected chi connectivity index (χ4v) is 2.66. The number of rotatable bonds is 8. The number of nitro groups is 1. The van der Waals surface area contributed by atoms with E-state index in [-0.39, 0.29) is 36.7 Å². The molecule has 10 heteroatoms. The molecule has 2 aromatic heterocycles. The average molecular weight is 375 g/mol. The van der Waals surface area contributed by atoms with Crippen LogP contribution in [0.3, 0.4) is 0 Å². The second-order valence-corrected chi connectivity index (χ2v) is 5.87. The summed E-state index contributed by atoms with van der Waals surface area (Å²) in [6.45, 7) is 0.238. The normalized spacial score (nSPS) is 12.2. The Hall–Kier alpha value is -3.40. The second-order valence-electron chi connectivity index (χ2n) is 5.87. The molecule has 1 amide bonds. The van der Waals surface area contributed by atoms with Gasteiger partial charge < -0.3 is 19.3 Å². The van der Waals surface area contributed by atoms with Crippen LogP contribution in [0.1, 0.15) is 24.7 Å². The number of aromatic nitrogens is 1. The number of fused-ring (bicyclic) bond motifs is 1. The van der Waals surface area contributed by atoms with E-state index in [0.717, 1.165) is 0 Å². The van der Waals surface area contributed by atoms with Gasteiger partial charge in [0.25, 0.3) is 5.69 Å². The number of benzene rings is 1. The molecule has 0 radical (unpaired) electrons. The monoisotopic (exact) mass is 375 g/mol. The van der Waals surface area contributed by atoms with Gasteiger partial charge in [0.05, 0.1) is 29.3 Å². The number of carbonyl (C=O) groups is 1. The Bertz CT molecular complexity index is 1000. The lowest BCUT2D eigenvalue weighted by Gasteiger charge is -2.09. The van der Waals surface area contributed by atoms with E-state index >= 15 is 0 Å². The number of nitro benzene ring substituents is 1. The van der Waals surface area contributed by atoms with Crippen molar-refractivity contribution in [2.45, 2.75) is 25.5 Å². The van der Waals surface area contributed by atoms with Crippen molar-refractivity contribution in [1.82, 2.24) is 9.88 Å². The third-order valence-corrected chi connectivity index (χ3v) is 4.01. The highest BCUT2D eigenvalue weighted by atomic mass is 16.6. The molecule has 0 aliphatic carbocycles. The molecule has 0 saturated carbocycles. The standard InChI is InChI=1S/C17H17N3O7/c21-13(14-3-2-8-26-14)10-18-16(22)4-1-7-19-12-6-5-11(20(24)25)9-15(12)27-17(19)23/h2-3,5-6,8-9,13,21H,1,4,7,10H2,(H,18,22). The number of aliphatic hydroxyl groups is 1. The molecule has 0 saturated heterocycles. The first-order valence-electron chi connectivity index (χ1n) is 8.21. The third-order valence-electron chi connectivity index (χ3n) is 4.01. The summed E-state index contributed by atoms with van der Waals surface area (Å²) < 4.78 is 11.4. The molecule has 27 heavy (non-hydrogen) atoms. The van der Waals surface area contributed by atoms with Gasteiger partial charge in [-0.25, -0.2) is 4.79 Å². The molecular weight excluding hydrogens is 358 g/mol. The van der Waals surface area contributed by atoms with E-state index in [4.69, 9.17) is 8.83 Å². The van der Waals surface area contributed by atoms with Gasteiger partial charge >= 0.3 is 5.76 Å². The fraction of sp³-hybridized carbons (Fsp3) is 0.294. The third kappa shape index (κ3) is 4.23. The summed E-state index contributed by atoms with van der Waals surface area (Å²) in [5.41, 5.74) is 0.386. The molecule has 3 aromatic rings. The van der Waals surface area contributed by atoms with Gasteiger partial charge in [0.1, 0.15) is 11.9 Å². The molecular formula is C17H17N3O7. The minimum atomic E-state index is -0.930. The molecule has 0 aliphatic heterocycles. The van der Waals surface area contributed by atoms with Crippen LogP contribution in [0.2, 0.25) is 0 Å². The molecule has 0 bridgehead atoms. The van der Waals surface area contributed by atoms with E-state index in [1.165, 1.54) is 29.0 Å². The molecule has 3 rings (SSSR count). The SMILES string of the molecule is O=C(CCCn1c(=O)oc2cc([N+](=O)[O-])ccc21)NCC(O)c1ccco1. The first-order valence-corrected chi connectivity index (χ1v) is 8.21. The van der Waals surface area contributed by atoms with Crippen LogP contribution < -0.4 is 11.1 Å². The predicted molar refractivity (Wildman–Crippen MR) is 93.0 cm³/mol. The van der Waals surface area contributed by atoms with E-state index in [2.05, 4.69) is 5.32 Å². The van der Waals surface area contributed by atoms with Crippen molar-refractivity contribution in [3.63, 3.8) is 0 Å². The first-order chi connectivity index (χ1) is 13.0. The molecule has 0 aliphatic rings. The molecule has 0 spiro atoms. The highest BCUT2D eigenvalue weighted by Crippen LogP contribution is 2.20. The average Bonchev–Trinajstić information content (AvgIpc) is 3.27. The highest BCUT2D eigenvalue weighted by Gasteiger charge is 2.15. The maximum atomic E-state index is 11.9. The van der Waals surface area contributed by atoms with Crippen molar-refractivity contribution in [2.24, 2.45) is 0 Å². The largest absolute Gasteiger partial charge is 0.467 e. The van der Waals surface area contributed by atoms with Crippen molar-refractivity contribution in [2.75, 3.05) is 6.54 Å². The van der Waals surface area contributed by atoms with E-state index < -0.39 is 16.8 Å².